The fourth-order valence-corrected chi connectivity index (χ4v) is 4.93. The second kappa shape index (κ2) is 12.0. The summed E-state index contributed by atoms with van der Waals surface area (Å²) in [5, 5.41) is 5.44. The number of para-hydroxylation sites is 2. The highest BCUT2D eigenvalue weighted by molar-refractivity contribution is 5.83. The zero-order valence-electron chi connectivity index (χ0n) is 20.8. The van der Waals surface area contributed by atoms with Gasteiger partial charge in [0, 0.05) is 26.1 Å². The Hall–Kier alpha value is -3.38. The first kappa shape index (κ1) is 24.3. The summed E-state index contributed by atoms with van der Waals surface area (Å²) in [7, 11) is 0. The van der Waals surface area contributed by atoms with Crippen LogP contribution in [0.4, 0.5) is 0 Å². The summed E-state index contributed by atoms with van der Waals surface area (Å²) in [5.41, 5.74) is 2.23. The predicted octanol–water partition coefficient (Wildman–Crippen LogP) is 5.67. The molecule has 0 radical (unpaired) electrons. The number of imidazole rings is 1. The van der Waals surface area contributed by atoms with Crippen LogP contribution in [0.25, 0.3) is 21.8 Å². The highest BCUT2D eigenvalue weighted by Crippen LogP contribution is 2.22. The van der Waals surface area contributed by atoms with Crippen molar-refractivity contribution in [1.29, 1.82) is 0 Å². The van der Waals surface area contributed by atoms with Crippen LogP contribution in [0.1, 0.15) is 44.3 Å². The molecule has 1 unspecified atom stereocenters. The van der Waals surface area contributed by atoms with E-state index in [1.165, 1.54) is 16.3 Å². The van der Waals surface area contributed by atoms with E-state index in [-0.39, 0.29) is 12.0 Å². The average molecular weight is 486 g/mol. The third kappa shape index (κ3) is 6.05. The minimum atomic E-state index is -0.241. The summed E-state index contributed by atoms with van der Waals surface area (Å²) in [6.07, 6.45) is 6.50. The molecular weight excluding hydrogens is 450 g/mol. The van der Waals surface area contributed by atoms with Gasteiger partial charge in [0.2, 0.25) is 5.91 Å². The predicted molar refractivity (Wildman–Crippen MR) is 143 cm³/mol. The maximum Gasteiger partial charge on any atom is 0.249 e. The number of carbonyl (C=O) groups excluding carboxylic acids is 1. The molecule has 1 amide bonds. The highest BCUT2D eigenvalue weighted by Gasteiger charge is 2.22. The van der Waals surface area contributed by atoms with Gasteiger partial charge < -0.3 is 19.4 Å². The lowest BCUT2D eigenvalue weighted by Crippen LogP contribution is -2.34. The van der Waals surface area contributed by atoms with E-state index in [9.17, 15) is 4.79 Å². The van der Waals surface area contributed by atoms with Crippen molar-refractivity contribution in [3.63, 3.8) is 0 Å². The molecule has 0 bridgehead atoms. The Bertz CT molecular complexity index is 1290. The van der Waals surface area contributed by atoms with Gasteiger partial charge in [-0.3, -0.25) is 4.79 Å². The Morgan fingerprint density at radius 3 is 2.75 bits per heavy atom. The van der Waals surface area contributed by atoms with Gasteiger partial charge in [-0.05, 0) is 67.1 Å². The van der Waals surface area contributed by atoms with E-state index in [1.807, 2.05) is 12.1 Å². The number of nitrogens with zero attached hydrogens (tertiary/aromatic N) is 2. The molecule has 188 valence electrons. The molecule has 1 aromatic heterocycles. The summed E-state index contributed by atoms with van der Waals surface area (Å²) in [6, 6.07) is 23.0. The molecule has 1 aliphatic rings. The smallest absolute Gasteiger partial charge is 0.249 e. The third-order valence-electron chi connectivity index (χ3n) is 6.85. The summed E-state index contributed by atoms with van der Waals surface area (Å²) >= 11 is 0. The number of carbonyl (C=O) groups is 1. The number of hydrogen-bond donors (Lipinski definition) is 1. The number of ether oxygens (including phenoxy) is 2. The molecule has 1 fully saturated rings. The SMILES string of the molecule is O=C(NCCCCCc1nc2ccccc2n1CCCOc1ccc2ccccc2c1)C1CCCO1. The molecule has 4 aromatic rings. The number of amides is 1. The van der Waals surface area contributed by atoms with Gasteiger partial charge in [0.1, 0.15) is 17.7 Å². The van der Waals surface area contributed by atoms with Gasteiger partial charge in [-0.1, -0.05) is 48.9 Å². The molecular formula is C30H35N3O3. The molecule has 0 saturated carbocycles. The Morgan fingerprint density at radius 1 is 1.00 bits per heavy atom. The topological polar surface area (TPSA) is 65.4 Å². The number of rotatable bonds is 12. The normalized spacial score (nSPS) is 15.5. The van der Waals surface area contributed by atoms with Crippen LogP contribution in [-0.4, -0.2) is 41.3 Å². The molecule has 1 N–H and O–H groups in total. The van der Waals surface area contributed by atoms with E-state index in [1.54, 1.807) is 0 Å². The average Bonchev–Trinajstić information content (AvgIpc) is 3.57. The number of aromatic nitrogens is 2. The molecule has 1 saturated heterocycles. The summed E-state index contributed by atoms with van der Waals surface area (Å²) in [4.78, 5) is 17.0. The second-order valence-corrected chi connectivity index (χ2v) is 9.48. The molecule has 1 atom stereocenters. The van der Waals surface area contributed by atoms with Crippen molar-refractivity contribution >= 4 is 27.7 Å². The Morgan fingerprint density at radius 2 is 1.86 bits per heavy atom. The van der Waals surface area contributed by atoms with E-state index in [4.69, 9.17) is 14.5 Å². The largest absolute Gasteiger partial charge is 0.494 e. The molecule has 0 spiro atoms. The van der Waals surface area contributed by atoms with Crippen molar-refractivity contribution in [1.82, 2.24) is 14.9 Å². The van der Waals surface area contributed by atoms with Crippen LogP contribution in [0.5, 0.6) is 5.75 Å². The van der Waals surface area contributed by atoms with E-state index >= 15 is 0 Å². The molecule has 0 aliphatic carbocycles. The zero-order valence-corrected chi connectivity index (χ0v) is 20.8. The van der Waals surface area contributed by atoms with Gasteiger partial charge in [0.15, 0.2) is 0 Å². The van der Waals surface area contributed by atoms with Crippen molar-refractivity contribution in [2.45, 2.75) is 57.6 Å². The van der Waals surface area contributed by atoms with E-state index in [2.05, 4.69) is 64.5 Å². The Balaban J connectivity index is 1.10. The third-order valence-corrected chi connectivity index (χ3v) is 6.85. The van der Waals surface area contributed by atoms with Crippen LogP contribution in [0.3, 0.4) is 0 Å². The Labute approximate surface area is 212 Å². The fraction of sp³-hybridized carbons (Fsp3) is 0.400. The lowest BCUT2D eigenvalue weighted by molar-refractivity contribution is -0.130. The van der Waals surface area contributed by atoms with Crippen molar-refractivity contribution in [2.24, 2.45) is 0 Å². The number of aryl methyl sites for hydroxylation is 2. The maximum absolute atomic E-state index is 12.1. The fourth-order valence-electron chi connectivity index (χ4n) is 4.93. The van der Waals surface area contributed by atoms with Crippen LogP contribution in [0, 0.1) is 0 Å². The van der Waals surface area contributed by atoms with E-state index < -0.39 is 0 Å². The number of hydrogen-bond acceptors (Lipinski definition) is 4. The molecule has 1 aliphatic heterocycles. The first-order valence-corrected chi connectivity index (χ1v) is 13.2. The standard InChI is InChI=1S/C30H35N3O3/c34-30(28-14-8-20-36-28)31-18-7-1-2-15-29-32-26-12-5-6-13-27(26)33(29)19-9-21-35-25-17-16-23-10-3-4-11-24(23)22-25/h3-6,10-13,16-17,22,28H,1-2,7-9,14-15,18-21H2,(H,31,34). The quantitative estimate of drug-likeness (QED) is 0.263. The van der Waals surface area contributed by atoms with Gasteiger partial charge in [0.05, 0.1) is 17.6 Å². The summed E-state index contributed by atoms with van der Waals surface area (Å²) in [5.74, 6) is 2.08. The lowest BCUT2D eigenvalue weighted by atomic mass is 10.1. The lowest BCUT2D eigenvalue weighted by Gasteiger charge is -2.12. The van der Waals surface area contributed by atoms with Crippen molar-refractivity contribution in [2.75, 3.05) is 19.8 Å². The molecule has 5 rings (SSSR count). The van der Waals surface area contributed by atoms with E-state index in [0.717, 1.165) is 68.6 Å². The number of fused-ring (bicyclic) bond motifs is 2. The Kier molecular flexibility index (Phi) is 8.13. The molecule has 3 aromatic carbocycles. The van der Waals surface area contributed by atoms with E-state index in [0.29, 0.717) is 19.8 Å². The molecule has 6 heteroatoms. The minimum absolute atomic E-state index is 0.0419. The molecule has 6 nitrogen and oxygen atoms in total. The van der Waals surface area contributed by atoms with Crippen LogP contribution in [0.15, 0.2) is 66.7 Å². The van der Waals surface area contributed by atoms with Crippen molar-refractivity contribution in [3.05, 3.63) is 72.6 Å². The number of unbranched alkanes of at least 4 members (excludes halogenated alkanes) is 2. The number of benzene rings is 3. The maximum atomic E-state index is 12.1. The minimum Gasteiger partial charge on any atom is -0.494 e. The first-order valence-electron chi connectivity index (χ1n) is 13.2. The second-order valence-electron chi connectivity index (χ2n) is 9.48. The van der Waals surface area contributed by atoms with Crippen LogP contribution >= 0.6 is 0 Å². The highest BCUT2D eigenvalue weighted by atomic mass is 16.5. The van der Waals surface area contributed by atoms with Gasteiger partial charge in [0.25, 0.3) is 0 Å². The zero-order chi connectivity index (χ0) is 24.6. The monoisotopic (exact) mass is 485 g/mol. The van der Waals surface area contributed by atoms with Crippen LogP contribution in [0.2, 0.25) is 0 Å². The first-order chi connectivity index (χ1) is 17.8. The van der Waals surface area contributed by atoms with Crippen LogP contribution in [-0.2, 0) is 22.5 Å². The number of nitrogens with one attached hydrogen (secondary N) is 1. The van der Waals surface area contributed by atoms with Crippen LogP contribution < -0.4 is 10.1 Å². The molecule has 2 heterocycles. The van der Waals surface area contributed by atoms with Crippen molar-refractivity contribution < 1.29 is 14.3 Å². The van der Waals surface area contributed by atoms with Gasteiger partial charge in [-0.25, -0.2) is 4.98 Å². The van der Waals surface area contributed by atoms with Gasteiger partial charge in [-0.15, -0.1) is 0 Å². The van der Waals surface area contributed by atoms with Gasteiger partial charge >= 0.3 is 0 Å². The molecule has 36 heavy (non-hydrogen) atoms. The van der Waals surface area contributed by atoms with Crippen molar-refractivity contribution in [3.8, 4) is 5.75 Å². The van der Waals surface area contributed by atoms with Gasteiger partial charge in [-0.2, -0.15) is 0 Å². The summed E-state index contributed by atoms with van der Waals surface area (Å²) in [6.45, 7) is 2.95. The summed E-state index contributed by atoms with van der Waals surface area (Å²) < 4.78 is 13.9.